The van der Waals surface area contributed by atoms with E-state index >= 15 is 0 Å². The highest BCUT2D eigenvalue weighted by atomic mass is 32.2. The molecule has 0 aliphatic carbocycles. The van der Waals surface area contributed by atoms with Gasteiger partial charge in [0.05, 0.1) is 31.1 Å². The highest BCUT2D eigenvalue weighted by molar-refractivity contribution is 7.99. The van der Waals surface area contributed by atoms with Gasteiger partial charge in [0.25, 0.3) is 5.22 Å². The van der Waals surface area contributed by atoms with Gasteiger partial charge >= 0.3 is 0 Å². The third-order valence-corrected chi connectivity index (χ3v) is 4.63. The largest absolute Gasteiger partial charge is 0.494 e. The van der Waals surface area contributed by atoms with Gasteiger partial charge in [-0.25, -0.2) is 0 Å². The smallest absolute Gasteiger partial charge is 0.277 e. The number of carbonyl (C=O) groups excluding carboxylic acids is 1. The third-order valence-electron chi connectivity index (χ3n) is 3.81. The quantitative estimate of drug-likeness (QED) is 0.499. The molecule has 1 aromatic heterocycles. The van der Waals surface area contributed by atoms with Crippen molar-refractivity contribution in [1.29, 1.82) is 0 Å². The second-order valence-electron chi connectivity index (χ2n) is 5.98. The topological polar surface area (TPSA) is 86.5 Å². The average Bonchev–Trinajstić information content (AvgIpc) is 3.17. The second kappa shape index (κ2) is 10.5. The second-order valence-corrected chi connectivity index (χ2v) is 6.91. The van der Waals surface area contributed by atoms with Crippen molar-refractivity contribution in [2.75, 3.05) is 24.3 Å². The maximum atomic E-state index is 12.4. The van der Waals surface area contributed by atoms with Crippen LogP contribution in [0.3, 0.4) is 0 Å². The molecule has 1 heterocycles. The minimum Gasteiger partial charge on any atom is -0.494 e. The van der Waals surface area contributed by atoms with Gasteiger partial charge in [0, 0.05) is 6.07 Å². The zero-order valence-corrected chi connectivity index (χ0v) is 17.2. The maximum Gasteiger partial charge on any atom is 0.277 e. The Morgan fingerprint density at radius 1 is 1.07 bits per heavy atom. The number of anilines is 1. The lowest BCUT2D eigenvalue weighted by atomic mass is 10.2. The Labute approximate surface area is 173 Å². The molecule has 0 aliphatic rings. The molecule has 1 amide bonds. The lowest BCUT2D eigenvalue weighted by Gasteiger charge is -2.13. The van der Waals surface area contributed by atoms with Crippen molar-refractivity contribution in [3.63, 3.8) is 0 Å². The molecule has 3 aromatic rings. The number of rotatable bonds is 10. The van der Waals surface area contributed by atoms with Crippen molar-refractivity contribution in [2.24, 2.45) is 0 Å². The Hall–Kier alpha value is -3.00. The predicted octanol–water partition coefficient (Wildman–Crippen LogP) is 4.19. The van der Waals surface area contributed by atoms with Crippen LogP contribution in [0.15, 0.2) is 58.2 Å². The van der Waals surface area contributed by atoms with Gasteiger partial charge in [0.15, 0.2) is 0 Å². The van der Waals surface area contributed by atoms with Crippen molar-refractivity contribution in [3.05, 3.63) is 60.0 Å². The van der Waals surface area contributed by atoms with Crippen molar-refractivity contribution in [1.82, 2.24) is 10.2 Å². The number of hydrogen-bond acceptors (Lipinski definition) is 7. The first-order chi connectivity index (χ1) is 14.2. The van der Waals surface area contributed by atoms with E-state index in [1.807, 2.05) is 50.2 Å². The number of thioether (sulfide) groups is 1. The number of aromatic nitrogens is 2. The van der Waals surface area contributed by atoms with Gasteiger partial charge in [-0.05, 0) is 31.5 Å². The summed E-state index contributed by atoms with van der Waals surface area (Å²) in [5.41, 5.74) is 1.65. The summed E-state index contributed by atoms with van der Waals surface area (Å²) in [6.45, 7) is 4.83. The summed E-state index contributed by atoms with van der Waals surface area (Å²) in [4.78, 5) is 12.4. The van der Waals surface area contributed by atoms with Crippen LogP contribution in [0.1, 0.15) is 25.3 Å². The van der Waals surface area contributed by atoms with Gasteiger partial charge in [-0.3, -0.25) is 4.79 Å². The van der Waals surface area contributed by atoms with E-state index < -0.39 is 0 Å². The Bertz CT molecular complexity index is 931. The van der Waals surface area contributed by atoms with E-state index in [9.17, 15) is 4.79 Å². The highest BCUT2D eigenvalue weighted by Gasteiger charge is 2.13. The van der Waals surface area contributed by atoms with E-state index in [0.717, 1.165) is 5.56 Å². The molecule has 0 unspecified atom stereocenters. The summed E-state index contributed by atoms with van der Waals surface area (Å²) < 4.78 is 16.7. The van der Waals surface area contributed by atoms with E-state index in [-0.39, 0.29) is 11.7 Å². The van der Waals surface area contributed by atoms with Gasteiger partial charge in [0.1, 0.15) is 11.5 Å². The Balaban J connectivity index is 1.56. The summed E-state index contributed by atoms with van der Waals surface area (Å²) in [6, 6.07) is 15.2. The van der Waals surface area contributed by atoms with Crippen molar-refractivity contribution in [2.45, 2.75) is 25.5 Å². The van der Waals surface area contributed by atoms with E-state index in [1.54, 1.807) is 12.1 Å². The summed E-state index contributed by atoms with van der Waals surface area (Å²) in [5, 5.41) is 11.3. The third kappa shape index (κ3) is 6.25. The van der Waals surface area contributed by atoms with Crippen LogP contribution in [0.2, 0.25) is 0 Å². The maximum absolute atomic E-state index is 12.4. The number of ether oxygens (including phenoxy) is 2. The number of nitrogens with one attached hydrogen (secondary N) is 1. The van der Waals surface area contributed by atoms with Crippen LogP contribution >= 0.6 is 11.8 Å². The molecule has 0 spiro atoms. The van der Waals surface area contributed by atoms with Gasteiger partial charge in [-0.15, -0.1) is 10.2 Å². The molecule has 0 atom stereocenters. The standard InChI is InChI=1S/C21H23N3O4S/c1-3-26-16-10-11-18(27-4-2)17(13-16)22-19(25)14-29-21-24-23-20(28-21)12-15-8-6-5-7-9-15/h5-11,13H,3-4,12,14H2,1-2H3,(H,22,25). The lowest BCUT2D eigenvalue weighted by molar-refractivity contribution is -0.113. The van der Waals surface area contributed by atoms with Crippen molar-refractivity contribution < 1.29 is 18.7 Å². The van der Waals surface area contributed by atoms with E-state index in [4.69, 9.17) is 13.9 Å². The van der Waals surface area contributed by atoms with Gasteiger partial charge < -0.3 is 19.2 Å². The SMILES string of the molecule is CCOc1ccc(OCC)c(NC(=O)CSc2nnc(Cc3ccccc3)o2)c1. The van der Waals surface area contributed by atoms with Crippen molar-refractivity contribution in [3.8, 4) is 11.5 Å². The van der Waals surface area contributed by atoms with E-state index in [0.29, 0.717) is 47.9 Å². The molecule has 0 fully saturated rings. The minimum absolute atomic E-state index is 0.136. The first kappa shape index (κ1) is 20.7. The lowest BCUT2D eigenvalue weighted by Crippen LogP contribution is -2.15. The molecule has 2 aromatic carbocycles. The van der Waals surface area contributed by atoms with Crippen LogP contribution in [0.4, 0.5) is 5.69 Å². The number of amides is 1. The Morgan fingerprint density at radius 3 is 2.62 bits per heavy atom. The number of nitrogens with zero attached hydrogens (tertiary/aromatic N) is 2. The molecule has 0 saturated heterocycles. The summed E-state index contributed by atoms with van der Waals surface area (Å²) in [6.07, 6.45) is 0.558. The fourth-order valence-corrected chi connectivity index (χ4v) is 3.18. The van der Waals surface area contributed by atoms with Crippen LogP contribution in [0.5, 0.6) is 11.5 Å². The molecule has 0 aliphatic heterocycles. The molecule has 152 valence electrons. The summed E-state index contributed by atoms with van der Waals surface area (Å²) in [7, 11) is 0. The minimum atomic E-state index is -0.201. The van der Waals surface area contributed by atoms with Crippen LogP contribution in [-0.2, 0) is 11.2 Å². The molecule has 8 heteroatoms. The zero-order chi connectivity index (χ0) is 20.5. The first-order valence-electron chi connectivity index (χ1n) is 9.36. The monoisotopic (exact) mass is 413 g/mol. The molecule has 7 nitrogen and oxygen atoms in total. The fourth-order valence-electron chi connectivity index (χ4n) is 2.60. The molecule has 29 heavy (non-hydrogen) atoms. The fraction of sp³-hybridized carbons (Fsp3) is 0.286. The summed E-state index contributed by atoms with van der Waals surface area (Å²) >= 11 is 1.19. The Kier molecular flexibility index (Phi) is 7.52. The van der Waals surface area contributed by atoms with Crippen LogP contribution in [0.25, 0.3) is 0 Å². The van der Waals surface area contributed by atoms with Crippen LogP contribution < -0.4 is 14.8 Å². The highest BCUT2D eigenvalue weighted by Crippen LogP contribution is 2.30. The molecule has 3 rings (SSSR count). The predicted molar refractivity (Wildman–Crippen MR) is 112 cm³/mol. The zero-order valence-electron chi connectivity index (χ0n) is 16.4. The van der Waals surface area contributed by atoms with E-state index in [2.05, 4.69) is 15.5 Å². The normalized spacial score (nSPS) is 10.6. The number of carbonyl (C=O) groups is 1. The summed E-state index contributed by atoms with van der Waals surface area (Å²) in [5.74, 6) is 1.71. The number of benzene rings is 2. The number of hydrogen-bond donors (Lipinski definition) is 1. The van der Waals surface area contributed by atoms with Crippen molar-refractivity contribution >= 4 is 23.4 Å². The molecular formula is C21H23N3O4S. The van der Waals surface area contributed by atoms with Gasteiger partial charge in [-0.2, -0.15) is 0 Å². The molecule has 0 bridgehead atoms. The molecule has 1 N–H and O–H groups in total. The average molecular weight is 413 g/mol. The van der Waals surface area contributed by atoms with Crippen LogP contribution in [0, 0.1) is 0 Å². The van der Waals surface area contributed by atoms with E-state index in [1.165, 1.54) is 11.8 Å². The van der Waals surface area contributed by atoms with Gasteiger partial charge in [0.2, 0.25) is 11.8 Å². The Morgan fingerprint density at radius 2 is 1.86 bits per heavy atom. The van der Waals surface area contributed by atoms with Crippen LogP contribution in [-0.4, -0.2) is 35.1 Å². The molecule has 0 radical (unpaired) electrons. The molecular weight excluding hydrogens is 390 g/mol. The molecule has 0 saturated carbocycles. The first-order valence-corrected chi connectivity index (χ1v) is 10.3. The van der Waals surface area contributed by atoms with Gasteiger partial charge in [-0.1, -0.05) is 42.1 Å².